The molecule has 3 nitrogen and oxygen atoms in total. The summed E-state index contributed by atoms with van der Waals surface area (Å²) in [5.41, 5.74) is -0.922. The minimum atomic E-state index is -0.922. The lowest BCUT2D eigenvalue weighted by atomic mass is 9.81. The van der Waals surface area contributed by atoms with Crippen molar-refractivity contribution in [2.24, 2.45) is 5.41 Å². The van der Waals surface area contributed by atoms with E-state index in [2.05, 4.69) is 6.58 Å². The molecule has 1 saturated carbocycles. The Balaban J connectivity index is 2.78. The Morgan fingerprint density at radius 2 is 2.29 bits per heavy atom. The van der Waals surface area contributed by atoms with Gasteiger partial charge in [-0.25, -0.2) is 0 Å². The molecule has 0 aromatic carbocycles. The molecule has 1 unspecified atom stereocenters. The van der Waals surface area contributed by atoms with E-state index in [1.54, 1.807) is 0 Å². The molecular formula is C14H20O3. The van der Waals surface area contributed by atoms with Gasteiger partial charge in [0.2, 0.25) is 0 Å². The van der Waals surface area contributed by atoms with Crippen molar-refractivity contribution in [1.29, 1.82) is 0 Å². The summed E-state index contributed by atoms with van der Waals surface area (Å²) in [5, 5.41) is 0. The number of esters is 1. The van der Waals surface area contributed by atoms with E-state index in [-0.39, 0.29) is 18.4 Å². The second-order valence-electron chi connectivity index (χ2n) is 4.33. The summed E-state index contributed by atoms with van der Waals surface area (Å²) in [7, 11) is 0. The van der Waals surface area contributed by atoms with Gasteiger partial charge in [-0.2, -0.15) is 0 Å². The first-order valence-electron chi connectivity index (χ1n) is 6.14. The molecule has 3 heteroatoms. The number of carbonyl (C=O) groups excluding carboxylic acids is 2. The number of Topliss-reactive ketones (excluding diaryl/α,β-unsaturated/α-hetero) is 1. The lowest BCUT2D eigenvalue weighted by Crippen LogP contribution is -2.36. The summed E-state index contributed by atoms with van der Waals surface area (Å²) in [6.07, 6.45) is 8.67. The topological polar surface area (TPSA) is 43.4 Å². The Bertz CT molecular complexity index is 330. The van der Waals surface area contributed by atoms with E-state index in [1.165, 1.54) is 6.08 Å². The normalized spacial score (nSPS) is 24.2. The van der Waals surface area contributed by atoms with Gasteiger partial charge in [0.15, 0.2) is 5.78 Å². The van der Waals surface area contributed by atoms with Crippen LogP contribution in [0.2, 0.25) is 0 Å². The molecule has 0 aromatic rings. The molecule has 1 fully saturated rings. The summed E-state index contributed by atoms with van der Waals surface area (Å²) >= 11 is 0. The minimum absolute atomic E-state index is 0.0207. The molecule has 0 saturated heterocycles. The molecule has 0 heterocycles. The molecule has 0 radical (unpaired) electrons. The van der Waals surface area contributed by atoms with Crippen LogP contribution >= 0.6 is 0 Å². The van der Waals surface area contributed by atoms with Crippen molar-refractivity contribution < 1.29 is 14.3 Å². The maximum absolute atomic E-state index is 12.0. The number of carbonyl (C=O) groups is 2. The predicted octanol–water partition coefficient (Wildman–Crippen LogP) is 2.81. The van der Waals surface area contributed by atoms with Crippen LogP contribution < -0.4 is 0 Å². The highest BCUT2D eigenvalue weighted by molar-refractivity contribution is 6.05. The second kappa shape index (κ2) is 6.38. The van der Waals surface area contributed by atoms with Crippen LogP contribution in [0.1, 0.15) is 39.0 Å². The SMILES string of the molecule is C=CCOC(=O)C1(C/C=C/CC)CCCC1=O. The zero-order valence-electron chi connectivity index (χ0n) is 10.4. The number of ketones is 1. The molecule has 0 aromatic heterocycles. The number of hydrogen-bond acceptors (Lipinski definition) is 3. The number of hydrogen-bond donors (Lipinski definition) is 0. The van der Waals surface area contributed by atoms with Gasteiger partial charge in [0.05, 0.1) is 0 Å². The van der Waals surface area contributed by atoms with Crippen molar-refractivity contribution in [3.63, 3.8) is 0 Å². The molecule has 1 aliphatic rings. The van der Waals surface area contributed by atoms with Crippen molar-refractivity contribution in [2.75, 3.05) is 6.61 Å². The van der Waals surface area contributed by atoms with Gasteiger partial charge in [-0.05, 0) is 25.7 Å². The van der Waals surface area contributed by atoms with Gasteiger partial charge in [0.1, 0.15) is 12.0 Å². The minimum Gasteiger partial charge on any atom is -0.461 e. The largest absolute Gasteiger partial charge is 0.461 e. The monoisotopic (exact) mass is 236 g/mol. The van der Waals surface area contributed by atoms with Crippen molar-refractivity contribution >= 4 is 11.8 Å². The number of ether oxygens (including phenoxy) is 1. The lowest BCUT2D eigenvalue weighted by molar-refractivity contribution is -0.157. The van der Waals surface area contributed by atoms with E-state index in [9.17, 15) is 9.59 Å². The summed E-state index contributed by atoms with van der Waals surface area (Å²) < 4.78 is 5.07. The smallest absolute Gasteiger partial charge is 0.320 e. The third kappa shape index (κ3) is 3.05. The first kappa shape index (κ1) is 13.7. The first-order valence-corrected chi connectivity index (χ1v) is 6.14. The average Bonchev–Trinajstić information content (AvgIpc) is 2.69. The van der Waals surface area contributed by atoms with Gasteiger partial charge in [-0.15, -0.1) is 0 Å². The first-order chi connectivity index (χ1) is 8.17. The predicted molar refractivity (Wildman–Crippen MR) is 66.5 cm³/mol. The average molecular weight is 236 g/mol. The van der Waals surface area contributed by atoms with Crippen molar-refractivity contribution in [3.05, 3.63) is 24.8 Å². The Hall–Kier alpha value is -1.38. The van der Waals surface area contributed by atoms with Gasteiger partial charge >= 0.3 is 5.97 Å². The molecular weight excluding hydrogens is 216 g/mol. The van der Waals surface area contributed by atoms with Gasteiger partial charge in [-0.1, -0.05) is 31.7 Å². The molecule has 17 heavy (non-hydrogen) atoms. The van der Waals surface area contributed by atoms with Crippen LogP contribution in [0.15, 0.2) is 24.8 Å². The molecule has 0 bridgehead atoms. The summed E-state index contributed by atoms with van der Waals surface area (Å²) in [6, 6.07) is 0. The van der Waals surface area contributed by atoms with E-state index in [0.717, 1.165) is 12.8 Å². The highest BCUT2D eigenvalue weighted by Crippen LogP contribution is 2.39. The van der Waals surface area contributed by atoms with Gasteiger partial charge in [0.25, 0.3) is 0 Å². The molecule has 0 amide bonds. The molecule has 1 atom stereocenters. The van der Waals surface area contributed by atoms with Crippen LogP contribution in [0.4, 0.5) is 0 Å². The summed E-state index contributed by atoms with van der Waals surface area (Å²) in [4.78, 5) is 23.9. The van der Waals surface area contributed by atoms with Crippen molar-refractivity contribution in [2.45, 2.75) is 39.0 Å². The van der Waals surface area contributed by atoms with E-state index in [1.807, 2.05) is 19.1 Å². The van der Waals surface area contributed by atoms with Crippen LogP contribution in [0.3, 0.4) is 0 Å². The number of rotatable bonds is 6. The maximum Gasteiger partial charge on any atom is 0.320 e. The number of allylic oxidation sites excluding steroid dienone is 2. The van der Waals surface area contributed by atoms with E-state index >= 15 is 0 Å². The Morgan fingerprint density at radius 1 is 1.53 bits per heavy atom. The van der Waals surface area contributed by atoms with Crippen molar-refractivity contribution in [3.8, 4) is 0 Å². The Labute approximate surface area is 103 Å². The standard InChI is InChI=1S/C14H20O3/c1-3-5-6-9-14(10-7-8-12(14)15)13(16)17-11-4-2/h4-6H,2-3,7-11H2,1H3/b6-5+. The molecule has 0 aliphatic heterocycles. The highest BCUT2D eigenvalue weighted by atomic mass is 16.5. The Morgan fingerprint density at radius 3 is 2.82 bits per heavy atom. The van der Waals surface area contributed by atoms with E-state index in [0.29, 0.717) is 19.3 Å². The third-order valence-corrected chi connectivity index (χ3v) is 3.13. The van der Waals surface area contributed by atoms with Gasteiger partial charge in [-0.3, -0.25) is 9.59 Å². The zero-order valence-corrected chi connectivity index (χ0v) is 10.4. The van der Waals surface area contributed by atoms with Gasteiger partial charge in [0, 0.05) is 6.42 Å². The quantitative estimate of drug-likeness (QED) is 0.404. The molecule has 0 spiro atoms. The fourth-order valence-electron chi connectivity index (χ4n) is 2.17. The summed E-state index contributed by atoms with van der Waals surface area (Å²) in [6.45, 7) is 5.70. The van der Waals surface area contributed by atoms with Crippen LogP contribution in [-0.4, -0.2) is 18.4 Å². The fourth-order valence-corrected chi connectivity index (χ4v) is 2.17. The third-order valence-electron chi connectivity index (χ3n) is 3.13. The molecule has 1 rings (SSSR count). The van der Waals surface area contributed by atoms with E-state index < -0.39 is 5.41 Å². The highest BCUT2D eigenvalue weighted by Gasteiger charge is 2.48. The van der Waals surface area contributed by atoms with E-state index in [4.69, 9.17) is 4.74 Å². The molecule has 0 N–H and O–H groups in total. The van der Waals surface area contributed by atoms with Crippen LogP contribution in [0.25, 0.3) is 0 Å². The van der Waals surface area contributed by atoms with Crippen LogP contribution in [-0.2, 0) is 14.3 Å². The van der Waals surface area contributed by atoms with Crippen LogP contribution in [0, 0.1) is 5.41 Å². The second-order valence-corrected chi connectivity index (χ2v) is 4.33. The molecule has 1 aliphatic carbocycles. The maximum atomic E-state index is 12.0. The lowest BCUT2D eigenvalue weighted by Gasteiger charge is -2.23. The Kier molecular flexibility index (Phi) is 5.13. The fraction of sp³-hybridized carbons (Fsp3) is 0.571. The zero-order chi connectivity index (χ0) is 12.7. The van der Waals surface area contributed by atoms with Gasteiger partial charge < -0.3 is 4.74 Å². The summed E-state index contributed by atoms with van der Waals surface area (Å²) in [5.74, 6) is -0.368. The molecule has 94 valence electrons. The van der Waals surface area contributed by atoms with Crippen molar-refractivity contribution in [1.82, 2.24) is 0 Å². The van der Waals surface area contributed by atoms with Crippen LogP contribution in [0.5, 0.6) is 0 Å².